The van der Waals surface area contributed by atoms with Gasteiger partial charge < -0.3 is 0 Å². The Kier molecular flexibility index (Phi) is 3.45. The lowest BCUT2D eigenvalue weighted by atomic mass is 9.95. The normalized spacial score (nSPS) is 16.0. The molecule has 0 aliphatic heterocycles. The molecule has 92 valence electrons. The summed E-state index contributed by atoms with van der Waals surface area (Å²) in [4.78, 5) is 0. The van der Waals surface area contributed by atoms with Crippen LogP contribution in [0.15, 0.2) is 54.6 Å². The molecule has 0 saturated heterocycles. The lowest BCUT2D eigenvalue weighted by Gasteiger charge is -2.10. The van der Waals surface area contributed by atoms with Crippen molar-refractivity contribution in [2.24, 2.45) is 5.92 Å². The van der Waals surface area contributed by atoms with Crippen molar-refractivity contribution in [1.29, 1.82) is 0 Å². The molecule has 0 bridgehead atoms. The Hall–Kier alpha value is -1.56. The lowest BCUT2D eigenvalue weighted by molar-refractivity contribution is 0.546. The van der Waals surface area contributed by atoms with Crippen molar-refractivity contribution in [1.82, 2.24) is 0 Å². The van der Waals surface area contributed by atoms with Crippen LogP contribution < -0.4 is 0 Å². The Morgan fingerprint density at radius 3 is 2.28 bits per heavy atom. The van der Waals surface area contributed by atoms with Gasteiger partial charge in [-0.2, -0.15) is 0 Å². The molecule has 0 N–H and O–H groups in total. The van der Waals surface area contributed by atoms with Crippen LogP contribution in [0.4, 0.5) is 0 Å². The molecule has 0 radical (unpaired) electrons. The highest BCUT2D eigenvalue weighted by atomic mass is 14.2. The zero-order valence-electron chi connectivity index (χ0n) is 10.8. The molecule has 2 aromatic rings. The number of hydrogen-bond acceptors (Lipinski definition) is 0. The molecular weight excluding hydrogens is 216 g/mol. The van der Waals surface area contributed by atoms with Crippen LogP contribution in [-0.2, 0) is 6.42 Å². The molecule has 0 aromatic heterocycles. The fourth-order valence-corrected chi connectivity index (χ4v) is 3.06. The number of benzene rings is 2. The molecule has 2 aromatic carbocycles. The van der Waals surface area contributed by atoms with Crippen LogP contribution in [0, 0.1) is 5.92 Å². The summed E-state index contributed by atoms with van der Waals surface area (Å²) in [6.45, 7) is 0. The minimum Gasteiger partial charge on any atom is -0.0622 e. The van der Waals surface area contributed by atoms with Gasteiger partial charge in [0.05, 0.1) is 0 Å². The molecule has 0 atom stereocenters. The summed E-state index contributed by atoms with van der Waals surface area (Å²) in [5.74, 6) is 0.927. The lowest BCUT2D eigenvalue weighted by Crippen LogP contribution is -1.98. The van der Waals surface area contributed by atoms with Gasteiger partial charge in [-0.05, 0) is 29.0 Å². The maximum atomic E-state index is 2.37. The fraction of sp³-hybridized carbons (Fsp3) is 0.333. The monoisotopic (exact) mass is 236 g/mol. The predicted octanol–water partition coefficient (Wildman–Crippen LogP) is 5.09. The summed E-state index contributed by atoms with van der Waals surface area (Å²) < 4.78 is 0. The molecule has 0 heteroatoms. The van der Waals surface area contributed by atoms with Crippen LogP contribution in [0.5, 0.6) is 0 Å². The van der Waals surface area contributed by atoms with Crippen molar-refractivity contribution in [2.75, 3.05) is 0 Å². The van der Waals surface area contributed by atoms with Gasteiger partial charge in [0.1, 0.15) is 0 Å². The molecule has 0 spiro atoms. The SMILES string of the molecule is c1ccc(-c2cccc(CC3CCCC3)c2)cc1. The second-order valence-corrected chi connectivity index (χ2v) is 5.42. The van der Waals surface area contributed by atoms with Gasteiger partial charge in [-0.25, -0.2) is 0 Å². The highest BCUT2D eigenvalue weighted by Crippen LogP contribution is 2.29. The Bertz CT molecular complexity index is 492. The topological polar surface area (TPSA) is 0 Å². The van der Waals surface area contributed by atoms with Crippen molar-refractivity contribution in [3.05, 3.63) is 60.2 Å². The maximum absolute atomic E-state index is 2.37. The van der Waals surface area contributed by atoms with E-state index in [4.69, 9.17) is 0 Å². The molecule has 0 heterocycles. The minimum atomic E-state index is 0.927. The number of hydrogen-bond donors (Lipinski definition) is 0. The van der Waals surface area contributed by atoms with Gasteiger partial charge >= 0.3 is 0 Å². The average molecular weight is 236 g/mol. The van der Waals surface area contributed by atoms with E-state index in [0.717, 1.165) is 5.92 Å². The van der Waals surface area contributed by atoms with E-state index in [2.05, 4.69) is 54.6 Å². The van der Waals surface area contributed by atoms with Crippen LogP contribution in [-0.4, -0.2) is 0 Å². The molecular formula is C18H20. The average Bonchev–Trinajstić information content (AvgIpc) is 2.93. The Labute approximate surface area is 110 Å². The van der Waals surface area contributed by atoms with Crippen molar-refractivity contribution in [3.63, 3.8) is 0 Å². The number of rotatable bonds is 3. The second kappa shape index (κ2) is 5.39. The maximum Gasteiger partial charge on any atom is -0.0181 e. The van der Waals surface area contributed by atoms with Crippen molar-refractivity contribution in [3.8, 4) is 11.1 Å². The molecule has 0 nitrogen and oxygen atoms in total. The van der Waals surface area contributed by atoms with Gasteiger partial charge in [0.2, 0.25) is 0 Å². The van der Waals surface area contributed by atoms with Crippen LogP contribution in [0.2, 0.25) is 0 Å². The van der Waals surface area contributed by atoms with Gasteiger partial charge in [0.15, 0.2) is 0 Å². The minimum absolute atomic E-state index is 0.927. The van der Waals surface area contributed by atoms with E-state index in [1.54, 1.807) is 0 Å². The summed E-state index contributed by atoms with van der Waals surface area (Å²) in [6, 6.07) is 19.7. The van der Waals surface area contributed by atoms with Gasteiger partial charge in [-0.1, -0.05) is 80.3 Å². The molecule has 3 rings (SSSR count). The van der Waals surface area contributed by atoms with Crippen molar-refractivity contribution in [2.45, 2.75) is 32.1 Å². The van der Waals surface area contributed by atoms with Gasteiger partial charge in [-0.15, -0.1) is 0 Å². The summed E-state index contributed by atoms with van der Waals surface area (Å²) in [6.07, 6.45) is 6.98. The van der Waals surface area contributed by atoms with Crippen LogP contribution in [0.25, 0.3) is 11.1 Å². The fourth-order valence-electron chi connectivity index (χ4n) is 3.06. The third-order valence-corrected chi connectivity index (χ3v) is 4.03. The summed E-state index contributed by atoms with van der Waals surface area (Å²) in [5, 5.41) is 0. The van der Waals surface area contributed by atoms with Gasteiger partial charge in [-0.3, -0.25) is 0 Å². The van der Waals surface area contributed by atoms with E-state index in [-0.39, 0.29) is 0 Å². The van der Waals surface area contributed by atoms with Crippen molar-refractivity contribution < 1.29 is 0 Å². The first-order valence-corrected chi connectivity index (χ1v) is 7.06. The summed E-state index contributed by atoms with van der Waals surface area (Å²) >= 11 is 0. The van der Waals surface area contributed by atoms with E-state index < -0.39 is 0 Å². The molecule has 1 fully saturated rings. The highest BCUT2D eigenvalue weighted by Gasteiger charge is 2.15. The summed E-state index contributed by atoms with van der Waals surface area (Å²) in [5.41, 5.74) is 4.18. The Balaban J connectivity index is 1.80. The van der Waals surface area contributed by atoms with E-state index >= 15 is 0 Å². The van der Waals surface area contributed by atoms with Crippen LogP contribution in [0.3, 0.4) is 0 Å². The predicted molar refractivity (Wildman–Crippen MR) is 77.5 cm³/mol. The first-order chi connectivity index (χ1) is 8.92. The third kappa shape index (κ3) is 2.64. The smallest absolute Gasteiger partial charge is 0.0181 e. The van der Waals surface area contributed by atoms with E-state index in [0.29, 0.717) is 0 Å². The van der Waals surface area contributed by atoms with Crippen LogP contribution in [0.1, 0.15) is 31.2 Å². The summed E-state index contributed by atoms with van der Waals surface area (Å²) in [7, 11) is 0. The molecule has 18 heavy (non-hydrogen) atoms. The van der Waals surface area contributed by atoms with Crippen molar-refractivity contribution >= 4 is 0 Å². The van der Waals surface area contributed by atoms with Gasteiger partial charge in [0.25, 0.3) is 0 Å². The largest absolute Gasteiger partial charge is 0.0622 e. The first kappa shape index (κ1) is 11.5. The van der Waals surface area contributed by atoms with E-state index in [9.17, 15) is 0 Å². The molecule has 1 aliphatic rings. The Morgan fingerprint density at radius 1 is 0.778 bits per heavy atom. The standard InChI is InChI=1S/C18H20/c1-2-10-17(11-3-1)18-12-6-9-16(14-18)13-15-7-4-5-8-15/h1-3,6,9-12,14-15H,4-5,7-8,13H2. The third-order valence-electron chi connectivity index (χ3n) is 4.03. The zero-order chi connectivity index (χ0) is 12.2. The van der Waals surface area contributed by atoms with Crippen LogP contribution >= 0.6 is 0 Å². The quantitative estimate of drug-likeness (QED) is 0.696. The van der Waals surface area contributed by atoms with Gasteiger partial charge in [0, 0.05) is 0 Å². The first-order valence-electron chi connectivity index (χ1n) is 7.06. The molecule has 1 saturated carbocycles. The second-order valence-electron chi connectivity index (χ2n) is 5.42. The Morgan fingerprint density at radius 2 is 1.50 bits per heavy atom. The zero-order valence-corrected chi connectivity index (χ0v) is 10.8. The molecule has 1 aliphatic carbocycles. The molecule has 0 amide bonds. The molecule has 0 unspecified atom stereocenters. The highest BCUT2D eigenvalue weighted by molar-refractivity contribution is 5.63. The van der Waals surface area contributed by atoms with E-state index in [1.165, 1.54) is 48.8 Å². The van der Waals surface area contributed by atoms with E-state index in [1.807, 2.05) is 0 Å².